The molecule has 0 aliphatic heterocycles. The Labute approximate surface area is 97.7 Å². The van der Waals surface area contributed by atoms with Gasteiger partial charge < -0.3 is 4.74 Å². The largest absolute Gasteiger partial charge is 0.416 e. The van der Waals surface area contributed by atoms with Crippen LogP contribution in [-0.4, -0.2) is 13.2 Å². The molecule has 0 bridgehead atoms. The smallest absolute Gasteiger partial charge is 0.380 e. The molecule has 0 spiro atoms. The molecule has 3 nitrogen and oxygen atoms in total. The van der Waals surface area contributed by atoms with E-state index in [1.54, 1.807) is 13.0 Å². The Morgan fingerprint density at radius 3 is 2.65 bits per heavy atom. The van der Waals surface area contributed by atoms with Crippen LogP contribution in [0.15, 0.2) is 24.3 Å². The number of benzene rings is 1. The summed E-state index contributed by atoms with van der Waals surface area (Å²) in [6.07, 6.45) is -4.35. The summed E-state index contributed by atoms with van der Waals surface area (Å²) in [5.41, 5.74) is 2.21. The third kappa shape index (κ3) is 3.99. The number of nitrogens with one attached hydrogen (secondary N) is 1. The molecule has 6 heteroatoms. The van der Waals surface area contributed by atoms with E-state index in [0.29, 0.717) is 12.2 Å². The zero-order valence-electron chi connectivity index (χ0n) is 9.42. The molecule has 0 radical (unpaired) electrons. The Morgan fingerprint density at radius 2 is 2.12 bits per heavy atom. The summed E-state index contributed by atoms with van der Waals surface area (Å²) in [7, 11) is 0. The van der Waals surface area contributed by atoms with E-state index >= 15 is 0 Å². The molecular weight excluding hydrogens is 233 g/mol. The fraction of sp³-hybridized carbons (Fsp3) is 0.455. The predicted molar refractivity (Wildman–Crippen MR) is 58.0 cm³/mol. The molecule has 0 heterocycles. The van der Waals surface area contributed by atoms with Crippen LogP contribution >= 0.6 is 0 Å². The third-order valence-electron chi connectivity index (χ3n) is 2.31. The molecule has 0 aliphatic rings. The zero-order chi connectivity index (χ0) is 12.9. The molecule has 0 fully saturated rings. The highest BCUT2D eigenvalue weighted by atomic mass is 19.4. The summed E-state index contributed by atoms with van der Waals surface area (Å²) in [5.74, 6) is 5.29. The van der Waals surface area contributed by atoms with E-state index in [0.717, 1.165) is 12.1 Å². The highest BCUT2D eigenvalue weighted by Crippen LogP contribution is 2.30. The van der Waals surface area contributed by atoms with E-state index in [-0.39, 0.29) is 6.61 Å². The lowest BCUT2D eigenvalue weighted by atomic mass is 10.0. The fourth-order valence-electron chi connectivity index (χ4n) is 1.41. The first-order valence-corrected chi connectivity index (χ1v) is 5.20. The number of rotatable bonds is 5. The quantitative estimate of drug-likeness (QED) is 0.620. The van der Waals surface area contributed by atoms with Crippen LogP contribution in [0.2, 0.25) is 0 Å². The van der Waals surface area contributed by atoms with Crippen molar-refractivity contribution in [1.82, 2.24) is 5.43 Å². The summed E-state index contributed by atoms with van der Waals surface area (Å²) in [4.78, 5) is 0. The van der Waals surface area contributed by atoms with Gasteiger partial charge >= 0.3 is 6.18 Å². The molecule has 96 valence electrons. The van der Waals surface area contributed by atoms with Gasteiger partial charge in [-0.25, -0.2) is 0 Å². The van der Waals surface area contributed by atoms with Crippen molar-refractivity contribution >= 4 is 0 Å². The van der Waals surface area contributed by atoms with Gasteiger partial charge in [0, 0.05) is 6.61 Å². The Morgan fingerprint density at radius 1 is 1.41 bits per heavy atom. The number of hydrogen-bond acceptors (Lipinski definition) is 3. The first-order chi connectivity index (χ1) is 7.99. The Hall–Kier alpha value is -1.11. The lowest BCUT2D eigenvalue weighted by molar-refractivity contribution is -0.137. The van der Waals surface area contributed by atoms with Gasteiger partial charge in [-0.05, 0) is 24.6 Å². The topological polar surface area (TPSA) is 47.3 Å². The maximum absolute atomic E-state index is 12.5. The first kappa shape index (κ1) is 14.0. The van der Waals surface area contributed by atoms with Crippen LogP contribution in [0.1, 0.15) is 24.1 Å². The zero-order valence-corrected chi connectivity index (χ0v) is 9.42. The SMILES string of the molecule is CCOCC(NN)c1cccc(C(F)(F)F)c1. The van der Waals surface area contributed by atoms with Crippen LogP contribution in [0.5, 0.6) is 0 Å². The second-order valence-corrected chi connectivity index (χ2v) is 3.50. The van der Waals surface area contributed by atoms with Crippen molar-refractivity contribution in [1.29, 1.82) is 0 Å². The van der Waals surface area contributed by atoms with Crippen molar-refractivity contribution < 1.29 is 17.9 Å². The van der Waals surface area contributed by atoms with Crippen molar-refractivity contribution in [3.63, 3.8) is 0 Å². The molecule has 1 rings (SSSR count). The Bertz CT molecular complexity index is 355. The monoisotopic (exact) mass is 248 g/mol. The van der Waals surface area contributed by atoms with E-state index < -0.39 is 17.8 Å². The standard InChI is InChI=1S/C11H15F3N2O/c1-2-17-7-10(16-15)8-4-3-5-9(6-8)11(12,13)14/h3-6,10,16H,2,7,15H2,1H3. The van der Waals surface area contributed by atoms with Crippen molar-refractivity contribution in [2.45, 2.75) is 19.1 Å². The molecule has 0 aliphatic carbocycles. The molecule has 0 aromatic heterocycles. The number of nitrogens with two attached hydrogens (primary N) is 1. The van der Waals surface area contributed by atoms with Gasteiger partial charge in [0.05, 0.1) is 18.2 Å². The molecule has 0 saturated heterocycles. The molecular formula is C11H15F3N2O. The lowest BCUT2D eigenvalue weighted by Gasteiger charge is -2.17. The van der Waals surface area contributed by atoms with Gasteiger partial charge in [0.25, 0.3) is 0 Å². The van der Waals surface area contributed by atoms with Crippen molar-refractivity contribution in [2.75, 3.05) is 13.2 Å². The molecule has 1 aromatic carbocycles. The van der Waals surface area contributed by atoms with Gasteiger partial charge in [0.15, 0.2) is 0 Å². The van der Waals surface area contributed by atoms with Gasteiger partial charge in [-0.2, -0.15) is 13.2 Å². The summed E-state index contributed by atoms with van der Waals surface area (Å²) in [5, 5.41) is 0. The molecule has 17 heavy (non-hydrogen) atoms. The number of halogens is 3. The van der Waals surface area contributed by atoms with Crippen LogP contribution in [0.4, 0.5) is 13.2 Å². The summed E-state index contributed by atoms with van der Waals surface area (Å²) in [6, 6.07) is 4.59. The minimum atomic E-state index is -4.35. The minimum absolute atomic E-state index is 0.230. The number of ether oxygens (including phenoxy) is 1. The average Bonchev–Trinajstić information content (AvgIpc) is 2.29. The van der Waals surface area contributed by atoms with E-state index in [9.17, 15) is 13.2 Å². The van der Waals surface area contributed by atoms with Crippen LogP contribution in [0, 0.1) is 0 Å². The van der Waals surface area contributed by atoms with Gasteiger partial charge in [0.2, 0.25) is 0 Å². The van der Waals surface area contributed by atoms with Gasteiger partial charge in [-0.15, -0.1) is 0 Å². The molecule has 0 amide bonds. The highest BCUT2D eigenvalue weighted by Gasteiger charge is 2.30. The number of hydrogen-bond donors (Lipinski definition) is 2. The maximum atomic E-state index is 12.5. The van der Waals surface area contributed by atoms with Crippen molar-refractivity contribution in [3.05, 3.63) is 35.4 Å². The Balaban J connectivity index is 2.89. The van der Waals surface area contributed by atoms with E-state index in [4.69, 9.17) is 10.6 Å². The van der Waals surface area contributed by atoms with Gasteiger partial charge in [0.1, 0.15) is 0 Å². The lowest BCUT2D eigenvalue weighted by Crippen LogP contribution is -2.31. The minimum Gasteiger partial charge on any atom is -0.380 e. The van der Waals surface area contributed by atoms with Crippen molar-refractivity contribution in [3.8, 4) is 0 Å². The van der Waals surface area contributed by atoms with Gasteiger partial charge in [-0.3, -0.25) is 11.3 Å². The fourth-order valence-corrected chi connectivity index (χ4v) is 1.41. The number of alkyl halides is 3. The number of hydrazine groups is 1. The van der Waals surface area contributed by atoms with E-state index in [1.165, 1.54) is 6.07 Å². The molecule has 1 aromatic rings. The summed E-state index contributed by atoms with van der Waals surface area (Å²) >= 11 is 0. The van der Waals surface area contributed by atoms with E-state index in [1.807, 2.05) is 0 Å². The third-order valence-corrected chi connectivity index (χ3v) is 2.31. The normalized spacial score (nSPS) is 13.7. The molecule has 0 saturated carbocycles. The van der Waals surface area contributed by atoms with Crippen LogP contribution in [0.25, 0.3) is 0 Å². The second-order valence-electron chi connectivity index (χ2n) is 3.50. The summed E-state index contributed by atoms with van der Waals surface area (Å²) in [6.45, 7) is 2.52. The van der Waals surface area contributed by atoms with Crippen LogP contribution in [0.3, 0.4) is 0 Å². The van der Waals surface area contributed by atoms with E-state index in [2.05, 4.69) is 5.43 Å². The highest BCUT2D eigenvalue weighted by molar-refractivity contribution is 5.28. The average molecular weight is 248 g/mol. The first-order valence-electron chi connectivity index (χ1n) is 5.20. The molecule has 3 N–H and O–H groups in total. The summed E-state index contributed by atoms with van der Waals surface area (Å²) < 4.78 is 42.7. The Kier molecular flexibility index (Phi) is 4.92. The van der Waals surface area contributed by atoms with Crippen LogP contribution in [-0.2, 0) is 10.9 Å². The molecule has 1 atom stereocenters. The predicted octanol–water partition coefficient (Wildman–Crippen LogP) is 2.25. The van der Waals surface area contributed by atoms with Crippen LogP contribution < -0.4 is 11.3 Å². The molecule has 1 unspecified atom stereocenters. The maximum Gasteiger partial charge on any atom is 0.416 e. The van der Waals surface area contributed by atoms with Gasteiger partial charge in [-0.1, -0.05) is 12.1 Å². The van der Waals surface area contributed by atoms with Crippen molar-refractivity contribution in [2.24, 2.45) is 5.84 Å². The second kappa shape index (κ2) is 6.00.